The average molecular weight is 447 g/mol. The van der Waals surface area contributed by atoms with Crippen LogP contribution >= 0.6 is 28.3 Å². The van der Waals surface area contributed by atoms with Crippen molar-refractivity contribution in [2.45, 2.75) is 19.8 Å². The number of nitrogens with one attached hydrogen (secondary N) is 2. The number of nitrogens with zero attached hydrogens (tertiary/aromatic N) is 1. The van der Waals surface area contributed by atoms with E-state index in [-0.39, 0.29) is 12.4 Å². The maximum atomic E-state index is 5.72. The van der Waals surface area contributed by atoms with Crippen LogP contribution in [0, 0.1) is 0 Å². The third-order valence-corrected chi connectivity index (χ3v) is 5.00. The molecule has 0 spiro atoms. The number of H-pyrrole nitrogens is 1. The molecule has 0 atom stereocenters. The molecule has 0 unspecified atom stereocenters. The molecule has 0 aliphatic carbocycles. The minimum absolute atomic E-state index is 0. The van der Waals surface area contributed by atoms with Crippen molar-refractivity contribution in [3.8, 4) is 0 Å². The van der Waals surface area contributed by atoms with E-state index in [0.29, 0.717) is 6.61 Å². The highest BCUT2D eigenvalue weighted by Gasteiger charge is 2.21. The molecule has 1 aromatic heterocycles. The zero-order chi connectivity index (χ0) is 18.1. The summed E-state index contributed by atoms with van der Waals surface area (Å²) >= 11 is 3.56. The standard InChI is InChI=1S/C21H20BrN3O.ClH/c1-3-4-11-26-25-20-15-7-5-6-8-17(15)24-21(20)19-13(2)23-18-10-9-14(22)12-16(18)19;/h5-10,12,24-25H,2-4,11H2,1H3;1H. The van der Waals surface area contributed by atoms with Gasteiger partial charge >= 0.3 is 0 Å². The lowest BCUT2D eigenvalue weighted by Crippen LogP contribution is -2.23. The number of para-hydroxylation sites is 1. The summed E-state index contributed by atoms with van der Waals surface area (Å²) in [6.07, 6.45) is 2.11. The average Bonchev–Trinajstić information content (AvgIpc) is 3.15. The molecule has 4 nitrogen and oxygen atoms in total. The zero-order valence-electron chi connectivity index (χ0n) is 15.0. The third kappa shape index (κ3) is 3.68. The van der Waals surface area contributed by atoms with E-state index in [4.69, 9.17) is 4.84 Å². The SMILES string of the molecule is C=C1N=c2ccc(Br)cc2=C1c1[nH]c2ccccc2c1NOCCCC.Cl. The predicted molar refractivity (Wildman–Crippen MR) is 117 cm³/mol. The van der Waals surface area contributed by atoms with Crippen molar-refractivity contribution < 1.29 is 4.84 Å². The molecule has 4 rings (SSSR count). The Bertz CT molecular complexity index is 1120. The fourth-order valence-electron chi connectivity index (χ4n) is 3.22. The predicted octanol–water partition coefficient (Wildman–Crippen LogP) is 4.84. The number of halogens is 2. The largest absolute Gasteiger partial charge is 0.353 e. The Hall–Kier alpha value is -2.08. The third-order valence-electron chi connectivity index (χ3n) is 4.50. The number of benzene rings is 2. The smallest absolute Gasteiger partial charge is 0.0939 e. The van der Waals surface area contributed by atoms with E-state index in [1.54, 1.807) is 0 Å². The van der Waals surface area contributed by atoms with Crippen LogP contribution in [0.4, 0.5) is 5.69 Å². The molecule has 6 heteroatoms. The molecule has 0 bridgehead atoms. The Morgan fingerprint density at radius 1 is 1.22 bits per heavy atom. The quantitative estimate of drug-likeness (QED) is 0.420. The van der Waals surface area contributed by atoms with Crippen LogP contribution in [0.5, 0.6) is 0 Å². The van der Waals surface area contributed by atoms with Crippen LogP contribution in [0.25, 0.3) is 16.5 Å². The van der Waals surface area contributed by atoms with Crippen LogP contribution in [0.1, 0.15) is 25.5 Å². The van der Waals surface area contributed by atoms with Crippen LogP contribution in [0.2, 0.25) is 0 Å². The van der Waals surface area contributed by atoms with Crippen LogP contribution in [-0.2, 0) is 4.84 Å². The maximum Gasteiger partial charge on any atom is 0.0939 e. The van der Waals surface area contributed by atoms with E-state index in [0.717, 1.165) is 61.4 Å². The minimum atomic E-state index is 0. The van der Waals surface area contributed by atoms with Gasteiger partial charge < -0.3 is 4.98 Å². The number of rotatable bonds is 6. The first-order valence-electron chi connectivity index (χ1n) is 8.76. The first-order valence-corrected chi connectivity index (χ1v) is 9.55. The summed E-state index contributed by atoms with van der Waals surface area (Å²) in [7, 11) is 0. The summed E-state index contributed by atoms with van der Waals surface area (Å²) in [5, 5.41) is 3.08. The van der Waals surface area contributed by atoms with Crippen molar-refractivity contribution in [2.24, 2.45) is 4.99 Å². The number of allylic oxidation sites excluding steroid dienone is 1. The van der Waals surface area contributed by atoms with Crippen molar-refractivity contribution in [3.05, 3.63) is 75.5 Å². The first kappa shape index (κ1) is 19.7. The lowest BCUT2D eigenvalue weighted by molar-refractivity contribution is 0.190. The van der Waals surface area contributed by atoms with Gasteiger partial charge in [-0.25, -0.2) is 4.99 Å². The van der Waals surface area contributed by atoms with Gasteiger partial charge in [0.05, 0.1) is 29.0 Å². The molecule has 0 amide bonds. The molecule has 0 saturated carbocycles. The van der Waals surface area contributed by atoms with Crippen LogP contribution in [0.3, 0.4) is 0 Å². The van der Waals surface area contributed by atoms with Gasteiger partial charge in [0.25, 0.3) is 0 Å². The molecule has 1 aliphatic heterocycles. The zero-order valence-corrected chi connectivity index (χ0v) is 17.4. The monoisotopic (exact) mass is 445 g/mol. The Morgan fingerprint density at radius 2 is 2.04 bits per heavy atom. The number of unbranched alkanes of at least 4 members (excludes halogenated alkanes) is 1. The summed E-state index contributed by atoms with van der Waals surface area (Å²) in [6, 6.07) is 14.3. The molecule has 2 N–H and O–H groups in total. The Kier molecular flexibility index (Phi) is 6.05. The fourth-order valence-corrected chi connectivity index (χ4v) is 3.58. The van der Waals surface area contributed by atoms with E-state index in [9.17, 15) is 0 Å². The topological polar surface area (TPSA) is 49.4 Å². The fraction of sp³-hybridized carbons (Fsp3) is 0.190. The van der Waals surface area contributed by atoms with Gasteiger partial charge in [-0.3, -0.25) is 10.3 Å². The van der Waals surface area contributed by atoms with Gasteiger partial charge in [0.1, 0.15) is 0 Å². The lowest BCUT2D eigenvalue weighted by atomic mass is 10.1. The summed E-state index contributed by atoms with van der Waals surface area (Å²) in [4.78, 5) is 13.9. The molecule has 2 heterocycles. The summed E-state index contributed by atoms with van der Waals surface area (Å²) in [6.45, 7) is 6.98. The minimum Gasteiger partial charge on any atom is -0.353 e. The van der Waals surface area contributed by atoms with E-state index < -0.39 is 0 Å². The van der Waals surface area contributed by atoms with Gasteiger partial charge in [-0.2, -0.15) is 0 Å². The second-order valence-corrected chi connectivity index (χ2v) is 7.24. The van der Waals surface area contributed by atoms with E-state index in [1.165, 1.54) is 0 Å². The molecule has 0 fully saturated rings. The highest BCUT2D eigenvalue weighted by Crippen LogP contribution is 2.34. The lowest BCUT2D eigenvalue weighted by Gasteiger charge is -2.10. The molecule has 140 valence electrons. The number of aromatic amines is 1. The Labute approximate surface area is 172 Å². The van der Waals surface area contributed by atoms with E-state index in [2.05, 4.69) is 63.1 Å². The van der Waals surface area contributed by atoms with Gasteiger partial charge in [-0.15, -0.1) is 12.4 Å². The second kappa shape index (κ2) is 8.30. The van der Waals surface area contributed by atoms with Crippen LogP contribution in [-0.4, -0.2) is 11.6 Å². The highest BCUT2D eigenvalue weighted by atomic mass is 79.9. The molecule has 0 radical (unpaired) electrons. The normalized spacial score (nSPS) is 12.7. The van der Waals surface area contributed by atoms with Gasteiger partial charge in [0.2, 0.25) is 0 Å². The molecule has 3 aromatic rings. The molecule has 27 heavy (non-hydrogen) atoms. The van der Waals surface area contributed by atoms with Crippen LogP contribution in [0.15, 0.2) is 64.2 Å². The van der Waals surface area contributed by atoms with E-state index >= 15 is 0 Å². The molecular formula is C21H21BrClN3O. The molecular weight excluding hydrogens is 426 g/mol. The van der Waals surface area contributed by atoms with Crippen molar-refractivity contribution in [1.82, 2.24) is 4.98 Å². The summed E-state index contributed by atoms with van der Waals surface area (Å²) in [5.41, 5.74) is 7.85. The van der Waals surface area contributed by atoms with Gasteiger partial charge in [-0.05, 0) is 30.7 Å². The number of hydrogen-bond acceptors (Lipinski definition) is 3. The Morgan fingerprint density at radius 3 is 2.85 bits per heavy atom. The number of aromatic nitrogens is 1. The van der Waals surface area contributed by atoms with Gasteiger partial charge in [0, 0.05) is 26.2 Å². The molecule has 1 aliphatic rings. The van der Waals surface area contributed by atoms with Crippen molar-refractivity contribution >= 4 is 50.5 Å². The van der Waals surface area contributed by atoms with Crippen molar-refractivity contribution in [2.75, 3.05) is 12.1 Å². The van der Waals surface area contributed by atoms with Gasteiger partial charge in [-0.1, -0.05) is 54.1 Å². The van der Waals surface area contributed by atoms with E-state index in [1.807, 2.05) is 24.3 Å². The number of fused-ring (bicyclic) bond motifs is 2. The number of anilines is 1. The van der Waals surface area contributed by atoms with Crippen molar-refractivity contribution in [1.29, 1.82) is 0 Å². The summed E-state index contributed by atoms with van der Waals surface area (Å²) < 4.78 is 1.02. The highest BCUT2D eigenvalue weighted by molar-refractivity contribution is 9.10. The first-order chi connectivity index (χ1) is 12.7. The number of hydrogen-bond donors (Lipinski definition) is 2. The van der Waals surface area contributed by atoms with Gasteiger partial charge in [0.15, 0.2) is 0 Å². The Balaban J connectivity index is 0.00000210. The second-order valence-electron chi connectivity index (χ2n) is 6.32. The molecule has 0 saturated heterocycles. The summed E-state index contributed by atoms with van der Waals surface area (Å²) in [5.74, 6) is 0. The molecule has 2 aromatic carbocycles. The van der Waals surface area contributed by atoms with Crippen LogP contribution < -0.4 is 16.1 Å². The maximum absolute atomic E-state index is 5.72. The van der Waals surface area contributed by atoms with Crippen molar-refractivity contribution in [3.63, 3.8) is 0 Å².